The highest BCUT2D eigenvalue weighted by atomic mass is 16.5. The van der Waals surface area contributed by atoms with E-state index in [1.807, 2.05) is 0 Å². The Hall–Kier alpha value is -2.67. The van der Waals surface area contributed by atoms with Crippen LogP contribution in [0.15, 0.2) is 28.9 Å². The number of hydrogen-bond donors (Lipinski definition) is 2. The van der Waals surface area contributed by atoms with E-state index in [9.17, 15) is 4.79 Å². The van der Waals surface area contributed by atoms with Gasteiger partial charge < -0.3 is 29.7 Å². The van der Waals surface area contributed by atoms with Crippen molar-refractivity contribution in [2.24, 2.45) is 5.73 Å². The molecule has 0 saturated carbocycles. The van der Waals surface area contributed by atoms with Crippen LogP contribution >= 0.6 is 0 Å². The van der Waals surface area contributed by atoms with Crippen molar-refractivity contribution >= 4 is 5.91 Å². The van der Waals surface area contributed by atoms with E-state index in [0.29, 0.717) is 28.6 Å². The number of methoxy groups -OCH3 is 3. The fourth-order valence-electron chi connectivity index (χ4n) is 2.19. The first kappa shape index (κ1) is 16.7. The van der Waals surface area contributed by atoms with Crippen LogP contribution in [-0.2, 0) is 13.1 Å². The van der Waals surface area contributed by atoms with Crippen molar-refractivity contribution in [1.29, 1.82) is 0 Å². The number of hydrogen-bond acceptors (Lipinski definition) is 6. The Balaban J connectivity index is 2.15. The predicted molar refractivity (Wildman–Crippen MR) is 83.9 cm³/mol. The molecule has 0 fully saturated rings. The molecule has 0 spiro atoms. The fraction of sp³-hybridized carbons (Fsp3) is 0.312. The molecular formula is C16H20N2O5. The minimum atomic E-state index is -0.259. The van der Waals surface area contributed by atoms with Crippen molar-refractivity contribution in [3.63, 3.8) is 0 Å². The molecule has 0 aliphatic carbocycles. The SMILES string of the molecule is COc1ccc(CNC(=O)c2coc(CN)c2)c(OC)c1OC. The third kappa shape index (κ3) is 3.57. The number of carbonyl (C=O) groups is 1. The summed E-state index contributed by atoms with van der Waals surface area (Å²) in [5.41, 5.74) is 6.64. The number of nitrogens with two attached hydrogens (primary N) is 1. The third-order valence-corrected chi connectivity index (χ3v) is 3.34. The first-order valence-electron chi connectivity index (χ1n) is 6.98. The van der Waals surface area contributed by atoms with Gasteiger partial charge in [-0.25, -0.2) is 0 Å². The number of carbonyl (C=O) groups excluding carboxylic acids is 1. The van der Waals surface area contributed by atoms with Crippen molar-refractivity contribution < 1.29 is 23.4 Å². The molecule has 124 valence electrons. The molecule has 0 unspecified atom stereocenters. The van der Waals surface area contributed by atoms with E-state index < -0.39 is 0 Å². The van der Waals surface area contributed by atoms with Gasteiger partial charge in [0.15, 0.2) is 11.5 Å². The summed E-state index contributed by atoms with van der Waals surface area (Å²) in [4.78, 5) is 12.1. The van der Waals surface area contributed by atoms with Crippen LogP contribution in [0.25, 0.3) is 0 Å². The van der Waals surface area contributed by atoms with E-state index in [0.717, 1.165) is 5.56 Å². The van der Waals surface area contributed by atoms with Gasteiger partial charge in [0.25, 0.3) is 5.91 Å². The lowest BCUT2D eigenvalue weighted by atomic mass is 10.1. The zero-order valence-electron chi connectivity index (χ0n) is 13.3. The summed E-state index contributed by atoms with van der Waals surface area (Å²) >= 11 is 0. The van der Waals surface area contributed by atoms with Crippen molar-refractivity contribution in [2.75, 3.05) is 21.3 Å². The molecule has 0 aliphatic rings. The number of furan rings is 1. The Morgan fingerprint density at radius 1 is 1.17 bits per heavy atom. The predicted octanol–water partition coefficient (Wildman–Crippen LogP) is 1.69. The lowest BCUT2D eigenvalue weighted by molar-refractivity contribution is 0.0950. The number of ether oxygens (including phenoxy) is 3. The average molecular weight is 320 g/mol. The second kappa shape index (κ2) is 7.55. The molecule has 1 amide bonds. The highest BCUT2D eigenvalue weighted by molar-refractivity contribution is 5.94. The molecule has 1 aromatic carbocycles. The number of benzene rings is 1. The van der Waals surface area contributed by atoms with Gasteiger partial charge in [-0.1, -0.05) is 0 Å². The summed E-state index contributed by atoms with van der Waals surface area (Å²) in [6.45, 7) is 0.516. The van der Waals surface area contributed by atoms with Crippen LogP contribution in [0.3, 0.4) is 0 Å². The molecule has 0 saturated heterocycles. The molecule has 1 heterocycles. The standard InChI is InChI=1S/C16H20N2O5/c1-20-13-5-4-10(14(21-2)15(13)22-3)8-18-16(19)11-6-12(7-17)23-9-11/h4-6,9H,7-8,17H2,1-3H3,(H,18,19). The third-order valence-electron chi connectivity index (χ3n) is 3.34. The van der Waals surface area contributed by atoms with Gasteiger partial charge in [-0.05, 0) is 18.2 Å². The molecule has 23 heavy (non-hydrogen) atoms. The Bertz CT molecular complexity index is 681. The molecule has 2 rings (SSSR count). The highest BCUT2D eigenvalue weighted by Crippen LogP contribution is 2.39. The first-order chi connectivity index (χ1) is 11.1. The summed E-state index contributed by atoms with van der Waals surface area (Å²) < 4.78 is 21.1. The lowest BCUT2D eigenvalue weighted by Gasteiger charge is -2.15. The van der Waals surface area contributed by atoms with E-state index in [1.54, 1.807) is 25.3 Å². The van der Waals surface area contributed by atoms with E-state index in [2.05, 4.69) is 5.32 Å². The van der Waals surface area contributed by atoms with Gasteiger partial charge in [-0.15, -0.1) is 0 Å². The Morgan fingerprint density at radius 3 is 2.48 bits per heavy atom. The van der Waals surface area contributed by atoms with Crippen LogP contribution in [0.2, 0.25) is 0 Å². The van der Waals surface area contributed by atoms with E-state index in [4.69, 9.17) is 24.4 Å². The Morgan fingerprint density at radius 2 is 1.91 bits per heavy atom. The molecule has 0 atom stereocenters. The topological polar surface area (TPSA) is 96.0 Å². The maximum atomic E-state index is 12.1. The molecule has 0 aliphatic heterocycles. The average Bonchev–Trinajstić information content (AvgIpc) is 3.07. The van der Waals surface area contributed by atoms with Gasteiger partial charge in [0, 0.05) is 12.1 Å². The van der Waals surface area contributed by atoms with Crippen LogP contribution in [0, 0.1) is 0 Å². The van der Waals surface area contributed by atoms with Crippen LogP contribution in [0.1, 0.15) is 21.7 Å². The number of rotatable bonds is 7. The fourth-order valence-corrected chi connectivity index (χ4v) is 2.19. The Labute approximate surface area is 134 Å². The van der Waals surface area contributed by atoms with Crippen LogP contribution in [0.4, 0.5) is 0 Å². The molecule has 0 bridgehead atoms. The second-order valence-electron chi connectivity index (χ2n) is 4.68. The first-order valence-corrected chi connectivity index (χ1v) is 6.98. The van der Waals surface area contributed by atoms with E-state index in [1.165, 1.54) is 20.5 Å². The highest BCUT2D eigenvalue weighted by Gasteiger charge is 2.17. The number of nitrogens with one attached hydrogen (secondary N) is 1. The van der Waals surface area contributed by atoms with Crippen LogP contribution in [-0.4, -0.2) is 27.2 Å². The summed E-state index contributed by atoms with van der Waals surface area (Å²) in [7, 11) is 4.61. The largest absolute Gasteiger partial charge is 0.493 e. The molecule has 7 heteroatoms. The van der Waals surface area contributed by atoms with Gasteiger partial charge >= 0.3 is 0 Å². The monoisotopic (exact) mass is 320 g/mol. The van der Waals surface area contributed by atoms with Crippen LogP contribution < -0.4 is 25.3 Å². The van der Waals surface area contributed by atoms with Gasteiger partial charge in [0.2, 0.25) is 5.75 Å². The van der Waals surface area contributed by atoms with Gasteiger partial charge in [0.1, 0.15) is 12.0 Å². The van der Waals surface area contributed by atoms with Gasteiger partial charge in [-0.3, -0.25) is 4.79 Å². The van der Waals surface area contributed by atoms with Crippen molar-refractivity contribution in [1.82, 2.24) is 5.32 Å². The lowest BCUT2D eigenvalue weighted by Crippen LogP contribution is -2.22. The molecule has 3 N–H and O–H groups in total. The van der Waals surface area contributed by atoms with Crippen molar-refractivity contribution in [2.45, 2.75) is 13.1 Å². The molecule has 7 nitrogen and oxygen atoms in total. The molecule has 0 radical (unpaired) electrons. The molecule has 1 aromatic heterocycles. The molecule has 2 aromatic rings. The van der Waals surface area contributed by atoms with Gasteiger partial charge in [0.05, 0.1) is 33.4 Å². The van der Waals surface area contributed by atoms with E-state index >= 15 is 0 Å². The normalized spacial score (nSPS) is 10.3. The summed E-state index contributed by atoms with van der Waals surface area (Å²) in [6.07, 6.45) is 1.38. The summed E-state index contributed by atoms with van der Waals surface area (Å²) in [5.74, 6) is 1.85. The second-order valence-corrected chi connectivity index (χ2v) is 4.68. The van der Waals surface area contributed by atoms with E-state index in [-0.39, 0.29) is 19.0 Å². The van der Waals surface area contributed by atoms with Crippen molar-refractivity contribution in [3.05, 3.63) is 41.3 Å². The number of amides is 1. The maximum Gasteiger partial charge on any atom is 0.254 e. The van der Waals surface area contributed by atoms with Crippen molar-refractivity contribution in [3.8, 4) is 17.2 Å². The van der Waals surface area contributed by atoms with Gasteiger partial charge in [-0.2, -0.15) is 0 Å². The minimum Gasteiger partial charge on any atom is -0.493 e. The Kier molecular flexibility index (Phi) is 5.48. The minimum absolute atomic E-state index is 0.247. The smallest absolute Gasteiger partial charge is 0.254 e. The zero-order valence-corrected chi connectivity index (χ0v) is 13.3. The van der Waals surface area contributed by atoms with Crippen LogP contribution in [0.5, 0.6) is 17.2 Å². The summed E-state index contributed by atoms with van der Waals surface area (Å²) in [5, 5.41) is 2.80. The quantitative estimate of drug-likeness (QED) is 0.806. The summed E-state index contributed by atoms with van der Waals surface area (Å²) in [6, 6.07) is 5.18. The maximum absolute atomic E-state index is 12.1. The molecular weight excluding hydrogens is 300 g/mol. The zero-order chi connectivity index (χ0) is 16.8.